The molecule has 0 unspecified atom stereocenters. The molecular weight excluding hydrogens is 440 g/mol. The number of hydrogen-bond acceptors (Lipinski definition) is 7. The number of carbonyl (C=O) groups is 2. The number of amides is 3. The molecule has 0 aliphatic heterocycles. The average molecular weight is 465 g/mol. The van der Waals surface area contributed by atoms with Crippen LogP contribution >= 0.6 is 0 Å². The standard InChI is InChI=1S/C20H25F2N7O4/c1-20(21,22)11-27-18(30)29(14-5-3-13(4-6-14)28-19(31)32)16-10-23-15(9-24-16)12-7-25-17(33-2)26-8-12/h7-10,13-14,28H,3-6,11H2,1-2H3,(H,27,30)(H,31,32)/t13-,14-. The maximum absolute atomic E-state index is 13.3. The van der Waals surface area contributed by atoms with Crippen molar-refractivity contribution in [2.75, 3.05) is 18.6 Å². The van der Waals surface area contributed by atoms with E-state index in [1.165, 1.54) is 36.8 Å². The number of nitrogens with zero attached hydrogens (tertiary/aromatic N) is 5. The van der Waals surface area contributed by atoms with Gasteiger partial charge in [-0.2, -0.15) is 0 Å². The van der Waals surface area contributed by atoms with Gasteiger partial charge in [-0.15, -0.1) is 0 Å². The van der Waals surface area contributed by atoms with Crippen molar-refractivity contribution in [3.8, 4) is 17.3 Å². The van der Waals surface area contributed by atoms with Gasteiger partial charge in [-0.3, -0.25) is 9.88 Å². The summed E-state index contributed by atoms with van der Waals surface area (Å²) in [6.45, 7) is -0.112. The number of hydrogen-bond donors (Lipinski definition) is 3. The number of urea groups is 1. The highest BCUT2D eigenvalue weighted by atomic mass is 19.3. The van der Waals surface area contributed by atoms with Crippen LogP contribution < -0.4 is 20.3 Å². The van der Waals surface area contributed by atoms with Crippen molar-refractivity contribution < 1.29 is 28.2 Å². The first-order chi connectivity index (χ1) is 15.7. The first-order valence-electron chi connectivity index (χ1n) is 10.3. The van der Waals surface area contributed by atoms with Crippen LogP contribution in [-0.2, 0) is 0 Å². The number of alkyl halides is 2. The van der Waals surface area contributed by atoms with Crippen LogP contribution in [0.5, 0.6) is 6.01 Å². The molecule has 0 spiro atoms. The van der Waals surface area contributed by atoms with Crippen LogP contribution in [0.15, 0.2) is 24.8 Å². The maximum atomic E-state index is 13.3. The minimum absolute atomic E-state index is 0.194. The fourth-order valence-corrected chi connectivity index (χ4v) is 3.57. The number of methoxy groups -OCH3 is 1. The Morgan fingerprint density at radius 2 is 1.79 bits per heavy atom. The lowest BCUT2D eigenvalue weighted by Gasteiger charge is -2.36. The molecule has 1 aliphatic carbocycles. The van der Waals surface area contributed by atoms with Gasteiger partial charge in [0, 0.05) is 37.0 Å². The fourth-order valence-electron chi connectivity index (χ4n) is 3.57. The predicted molar refractivity (Wildman–Crippen MR) is 113 cm³/mol. The zero-order valence-electron chi connectivity index (χ0n) is 18.2. The van der Waals surface area contributed by atoms with Crippen LogP contribution in [-0.4, -0.2) is 68.8 Å². The lowest BCUT2D eigenvalue weighted by Crippen LogP contribution is -2.51. The number of carboxylic acid groups (broad SMARTS) is 1. The lowest BCUT2D eigenvalue weighted by atomic mass is 9.90. The molecule has 0 atom stereocenters. The molecule has 2 aromatic heterocycles. The quantitative estimate of drug-likeness (QED) is 0.567. The summed E-state index contributed by atoms with van der Waals surface area (Å²) in [5, 5.41) is 13.6. The van der Waals surface area contributed by atoms with Gasteiger partial charge in [-0.1, -0.05) is 0 Å². The molecule has 0 aromatic carbocycles. The second-order valence-electron chi connectivity index (χ2n) is 7.77. The third-order valence-corrected chi connectivity index (χ3v) is 5.15. The number of rotatable bonds is 7. The van der Waals surface area contributed by atoms with Crippen LogP contribution in [0.4, 0.5) is 24.2 Å². The van der Waals surface area contributed by atoms with E-state index in [9.17, 15) is 18.4 Å². The number of anilines is 1. The van der Waals surface area contributed by atoms with Crippen LogP contribution in [0.3, 0.4) is 0 Å². The number of carbonyl (C=O) groups excluding carboxylic acids is 1. The van der Waals surface area contributed by atoms with E-state index in [0.717, 1.165) is 0 Å². The van der Waals surface area contributed by atoms with Gasteiger partial charge in [0.2, 0.25) is 0 Å². The zero-order valence-corrected chi connectivity index (χ0v) is 18.2. The Kier molecular flexibility index (Phi) is 7.51. The van der Waals surface area contributed by atoms with Crippen molar-refractivity contribution in [3.63, 3.8) is 0 Å². The molecule has 1 aliphatic rings. The van der Waals surface area contributed by atoms with Crippen molar-refractivity contribution in [1.29, 1.82) is 0 Å². The van der Waals surface area contributed by atoms with E-state index in [-0.39, 0.29) is 23.9 Å². The second-order valence-corrected chi connectivity index (χ2v) is 7.77. The highest BCUT2D eigenvalue weighted by Gasteiger charge is 2.33. The third-order valence-electron chi connectivity index (χ3n) is 5.15. The number of aromatic nitrogens is 4. The van der Waals surface area contributed by atoms with E-state index < -0.39 is 24.6 Å². The highest BCUT2D eigenvalue weighted by Crippen LogP contribution is 2.27. The molecule has 0 radical (unpaired) electrons. The normalized spacial score (nSPS) is 18.3. The minimum atomic E-state index is -3.08. The molecule has 3 rings (SSSR count). The Morgan fingerprint density at radius 1 is 1.12 bits per heavy atom. The second kappa shape index (κ2) is 10.3. The smallest absolute Gasteiger partial charge is 0.404 e. The summed E-state index contributed by atoms with van der Waals surface area (Å²) in [5.41, 5.74) is 1.04. The first kappa shape index (κ1) is 24.0. The summed E-state index contributed by atoms with van der Waals surface area (Å²) in [6.07, 6.45) is 6.67. The summed E-state index contributed by atoms with van der Waals surface area (Å²) >= 11 is 0. The van der Waals surface area contributed by atoms with Gasteiger partial charge >= 0.3 is 18.1 Å². The Bertz CT molecular complexity index is 946. The topological polar surface area (TPSA) is 142 Å². The maximum Gasteiger partial charge on any atom is 0.404 e. The zero-order chi connectivity index (χ0) is 24.0. The molecule has 1 fully saturated rings. The van der Waals surface area contributed by atoms with E-state index in [1.807, 2.05) is 0 Å². The highest BCUT2D eigenvalue weighted by molar-refractivity contribution is 5.91. The van der Waals surface area contributed by atoms with Gasteiger partial charge < -0.3 is 20.5 Å². The molecule has 2 aromatic rings. The van der Waals surface area contributed by atoms with E-state index >= 15 is 0 Å². The molecular formula is C20H25F2N7O4. The van der Waals surface area contributed by atoms with Gasteiger partial charge in [-0.05, 0) is 25.7 Å². The molecule has 178 valence electrons. The summed E-state index contributed by atoms with van der Waals surface area (Å²) in [4.78, 5) is 41.7. The number of ether oxygens (including phenoxy) is 1. The average Bonchev–Trinajstić information content (AvgIpc) is 2.79. The van der Waals surface area contributed by atoms with Crippen molar-refractivity contribution in [3.05, 3.63) is 24.8 Å². The van der Waals surface area contributed by atoms with Crippen LogP contribution in [0, 0.1) is 0 Å². The fraction of sp³-hybridized carbons (Fsp3) is 0.500. The lowest BCUT2D eigenvalue weighted by molar-refractivity contribution is 0.0254. The summed E-state index contributed by atoms with van der Waals surface area (Å²) in [6, 6.07) is -1.10. The third kappa shape index (κ3) is 6.67. The minimum Gasteiger partial charge on any atom is -0.467 e. The molecule has 11 nitrogen and oxygen atoms in total. The van der Waals surface area contributed by atoms with E-state index in [0.29, 0.717) is 43.9 Å². The van der Waals surface area contributed by atoms with Crippen molar-refractivity contribution in [2.24, 2.45) is 0 Å². The van der Waals surface area contributed by atoms with Gasteiger partial charge in [-0.25, -0.2) is 33.3 Å². The van der Waals surface area contributed by atoms with Crippen LogP contribution in [0.25, 0.3) is 11.3 Å². The van der Waals surface area contributed by atoms with E-state index in [1.54, 1.807) is 0 Å². The van der Waals surface area contributed by atoms with Gasteiger partial charge in [0.15, 0.2) is 5.82 Å². The molecule has 0 bridgehead atoms. The molecule has 2 heterocycles. The summed E-state index contributed by atoms with van der Waals surface area (Å²) < 4.78 is 31.5. The Morgan fingerprint density at radius 3 is 2.30 bits per heavy atom. The number of nitrogens with one attached hydrogen (secondary N) is 2. The largest absolute Gasteiger partial charge is 0.467 e. The molecule has 13 heteroatoms. The van der Waals surface area contributed by atoms with Crippen LogP contribution in [0.1, 0.15) is 32.6 Å². The molecule has 1 saturated carbocycles. The SMILES string of the molecule is COc1ncc(-c2cnc(N(C(=O)NCC(C)(F)F)[C@H]3CC[C@H](NC(=O)O)CC3)cn2)cn1. The van der Waals surface area contributed by atoms with E-state index in [4.69, 9.17) is 9.84 Å². The Hall–Kier alpha value is -3.64. The summed E-state index contributed by atoms with van der Waals surface area (Å²) in [7, 11) is 1.45. The Labute approximate surface area is 188 Å². The first-order valence-corrected chi connectivity index (χ1v) is 10.3. The van der Waals surface area contributed by atoms with Gasteiger partial charge in [0.05, 0.1) is 31.7 Å². The Balaban J connectivity index is 1.79. The molecule has 3 N–H and O–H groups in total. The van der Waals surface area contributed by atoms with Crippen molar-refractivity contribution in [1.82, 2.24) is 30.6 Å². The molecule has 3 amide bonds. The predicted octanol–water partition coefficient (Wildman–Crippen LogP) is 2.69. The van der Waals surface area contributed by atoms with Gasteiger partial charge in [0.1, 0.15) is 0 Å². The van der Waals surface area contributed by atoms with Crippen molar-refractivity contribution >= 4 is 17.9 Å². The number of halogens is 2. The molecule has 33 heavy (non-hydrogen) atoms. The van der Waals surface area contributed by atoms with E-state index in [2.05, 4.69) is 30.6 Å². The van der Waals surface area contributed by atoms with Crippen LogP contribution in [0.2, 0.25) is 0 Å². The summed E-state index contributed by atoms with van der Waals surface area (Å²) in [5.74, 6) is -2.88. The van der Waals surface area contributed by atoms with Gasteiger partial charge in [0.25, 0.3) is 5.92 Å². The van der Waals surface area contributed by atoms with Crippen molar-refractivity contribution in [2.45, 2.75) is 50.6 Å². The molecule has 0 saturated heterocycles. The monoisotopic (exact) mass is 465 g/mol.